The fraction of sp³-hybridized carbons (Fsp3) is 0.533. The van der Waals surface area contributed by atoms with Gasteiger partial charge in [0.1, 0.15) is 0 Å². The number of benzene rings is 1. The van der Waals surface area contributed by atoms with E-state index in [0.717, 1.165) is 23.0 Å². The normalized spacial score (nSPS) is 29.5. The van der Waals surface area contributed by atoms with E-state index in [2.05, 4.69) is 5.32 Å². The Balaban J connectivity index is 1.67. The zero-order valence-electron chi connectivity index (χ0n) is 10.6. The number of hydrogen-bond acceptors (Lipinski definition) is 2. The summed E-state index contributed by atoms with van der Waals surface area (Å²) in [7, 11) is 0. The Bertz CT molecular complexity index is 458. The van der Waals surface area contributed by atoms with Crippen molar-refractivity contribution < 1.29 is 4.79 Å². The minimum atomic E-state index is 0.0582. The highest BCUT2D eigenvalue weighted by atomic mass is 16.1. The van der Waals surface area contributed by atoms with E-state index in [-0.39, 0.29) is 5.91 Å². The van der Waals surface area contributed by atoms with Gasteiger partial charge in [-0.05, 0) is 48.8 Å². The first-order valence-corrected chi connectivity index (χ1v) is 6.86. The average molecular weight is 244 g/mol. The molecule has 3 heteroatoms. The van der Waals surface area contributed by atoms with Gasteiger partial charge in [0, 0.05) is 18.2 Å². The lowest BCUT2D eigenvalue weighted by molar-refractivity contribution is 0.0923. The van der Waals surface area contributed by atoms with Crippen molar-refractivity contribution in [3.63, 3.8) is 0 Å². The first-order chi connectivity index (χ1) is 8.76. The molecule has 0 aromatic heterocycles. The summed E-state index contributed by atoms with van der Waals surface area (Å²) < 4.78 is 0. The monoisotopic (exact) mass is 244 g/mol. The highest BCUT2D eigenvalue weighted by molar-refractivity contribution is 5.94. The number of rotatable bonds is 3. The summed E-state index contributed by atoms with van der Waals surface area (Å²) >= 11 is 0. The number of amides is 1. The Morgan fingerprint density at radius 1 is 1.33 bits per heavy atom. The molecule has 2 saturated carbocycles. The Morgan fingerprint density at radius 2 is 2.22 bits per heavy atom. The first kappa shape index (κ1) is 11.7. The number of carbonyl (C=O) groups is 1. The highest BCUT2D eigenvalue weighted by Gasteiger charge is 2.40. The minimum absolute atomic E-state index is 0.0582. The fourth-order valence-corrected chi connectivity index (χ4v) is 3.51. The van der Waals surface area contributed by atoms with Crippen molar-refractivity contribution in [2.45, 2.75) is 38.3 Å². The van der Waals surface area contributed by atoms with Crippen molar-refractivity contribution in [1.82, 2.24) is 5.32 Å². The van der Waals surface area contributed by atoms with Gasteiger partial charge in [-0.2, -0.15) is 0 Å². The van der Waals surface area contributed by atoms with Crippen LogP contribution in [0.1, 0.15) is 41.6 Å². The summed E-state index contributed by atoms with van der Waals surface area (Å²) in [4.78, 5) is 12.2. The van der Waals surface area contributed by atoms with Crippen LogP contribution in [0.2, 0.25) is 0 Å². The van der Waals surface area contributed by atoms with Gasteiger partial charge in [-0.3, -0.25) is 4.79 Å². The highest BCUT2D eigenvalue weighted by Crippen LogP contribution is 2.44. The van der Waals surface area contributed by atoms with Crippen molar-refractivity contribution in [2.75, 3.05) is 0 Å². The Hall–Kier alpha value is -1.35. The zero-order chi connectivity index (χ0) is 12.5. The van der Waals surface area contributed by atoms with Crippen molar-refractivity contribution in [3.05, 3.63) is 35.4 Å². The van der Waals surface area contributed by atoms with E-state index < -0.39 is 0 Å². The SMILES string of the molecule is NCc1cccc(C(=O)NC2CC3CCC2C3)c1. The summed E-state index contributed by atoms with van der Waals surface area (Å²) in [5.74, 6) is 1.63. The molecule has 1 aromatic rings. The predicted molar refractivity (Wildman–Crippen MR) is 71.0 cm³/mol. The van der Waals surface area contributed by atoms with Crippen LogP contribution in [-0.4, -0.2) is 11.9 Å². The second-order valence-corrected chi connectivity index (χ2v) is 5.66. The van der Waals surface area contributed by atoms with Crippen molar-refractivity contribution in [1.29, 1.82) is 0 Å². The van der Waals surface area contributed by atoms with Gasteiger partial charge in [-0.25, -0.2) is 0 Å². The number of nitrogens with one attached hydrogen (secondary N) is 1. The maximum absolute atomic E-state index is 12.2. The van der Waals surface area contributed by atoms with Gasteiger partial charge in [0.25, 0.3) is 5.91 Å². The summed E-state index contributed by atoms with van der Waals surface area (Å²) in [5.41, 5.74) is 7.35. The molecule has 1 aromatic carbocycles. The summed E-state index contributed by atoms with van der Waals surface area (Å²) in [6, 6.07) is 8.01. The van der Waals surface area contributed by atoms with Crippen LogP contribution < -0.4 is 11.1 Å². The molecule has 0 aliphatic heterocycles. The number of fused-ring (bicyclic) bond motifs is 2. The van der Waals surface area contributed by atoms with E-state index in [0.29, 0.717) is 12.6 Å². The topological polar surface area (TPSA) is 55.1 Å². The smallest absolute Gasteiger partial charge is 0.251 e. The van der Waals surface area contributed by atoms with Crippen molar-refractivity contribution in [2.24, 2.45) is 17.6 Å². The summed E-state index contributed by atoms with van der Waals surface area (Å²) in [5, 5.41) is 3.20. The molecular weight excluding hydrogens is 224 g/mol. The number of carbonyl (C=O) groups excluding carboxylic acids is 1. The maximum Gasteiger partial charge on any atom is 0.251 e. The van der Waals surface area contributed by atoms with Crippen molar-refractivity contribution >= 4 is 5.91 Å². The van der Waals surface area contributed by atoms with E-state index in [1.54, 1.807) is 0 Å². The molecule has 0 saturated heterocycles. The molecule has 3 unspecified atom stereocenters. The number of hydrogen-bond donors (Lipinski definition) is 2. The van der Waals surface area contributed by atoms with Crippen molar-refractivity contribution in [3.8, 4) is 0 Å². The largest absolute Gasteiger partial charge is 0.349 e. The van der Waals surface area contributed by atoms with E-state index >= 15 is 0 Å². The molecule has 2 fully saturated rings. The molecule has 3 nitrogen and oxygen atoms in total. The zero-order valence-corrected chi connectivity index (χ0v) is 10.6. The lowest BCUT2D eigenvalue weighted by Gasteiger charge is -2.23. The van der Waals surface area contributed by atoms with E-state index in [1.807, 2.05) is 24.3 Å². The lowest BCUT2D eigenvalue weighted by Crippen LogP contribution is -2.38. The van der Waals surface area contributed by atoms with Gasteiger partial charge < -0.3 is 11.1 Å². The third-order valence-corrected chi connectivity index (χ3v) is 4.48. The van der Waals surface area contributed by atoms with Gasteiger partial charge in [0.05, 0.1) is 0 Å². The standard InChI is InChI=1S/C15H20N2O/c16-9-11-2-1-3-13(7-11)15(18)17-14-8-10-4-5-12(14)6-10/h1-3,7,10,12,14H,4-6,8-9,16H2,(H,17,18). The van der Waals surface area contributed by atoms with Crippen LogP contribution in [0.3, 0.4) is 0 Å². The van der Waals surface area contributed by atoms with Crippen LogP contribution >= 0.6 is 0 Å². The van der Waals surface area contributed by atoms with Crippen LogP contribution in [0.15, 0.2) is 24.3 Å². The molecule has 96 valence electrons. The molecule has 2 aliphatic rings. The third kappa shape index (κ3) is 2.15. The molecule has 2 aliphatic carbocycles. The van der Waals surface area contributed by atoms with Crippen LogP contribution in [0.5, 0.6) is 0 Å². The predicted octanol–water partition coefficient (Wildman–Crippen LogP) is 2.06. The molecule has 0 radical (unpaired) electrons. The van der Waals surface area contributed by atoms with E-state index in [1.165, 1.54) is 25.7 Å². The fourth-order valence-electron chi connectivity index (χ4n) is 3.51. The van der Waals surface area contributed by atoms with E-state index in [4.69, 9.17) is 5.73 Å². The second-order valence-electron chi connectivity index (χ2n) is 5.66. The van der Waals surface area contributed by atoms with Crippen LogP contribution in [0, 0.1) is 11.8 Å². The average Bonchev–Trinajstić information content (AvgIpc) is 3.01. The molecule has 1 amide bonds. The Morgan fingerprint density at radius 3 is 2.89 bits per heavy atom. The van der Waals surface area contributed by atoms with Gasteiger partial charge in [-0.1, -0.05) is 18.6 Å². The Kier molecular flexibility index (Phi) is 3.08. The summed E-state index contributed by atoms with van der Waals surface area (Å²) in [6.45, 7) is 0.481. The van der Waals surface area contributed by atoms with Gasteiger partial charge in [0.2, 0.25) is 0 Å². The Labute approximate surface area is 108 Å². The summed E-state index contributed by atoms with van der Waals surface area (Å²) in [6.07, 6.45) is 5.14. The quantitative estimate of drug-likeness (QED) is 0.855. The maximum atomic E-state index is 12.2. The molecule has 18 heavy (non-hydrogen) atoms. The lowest BCUT2D eigenvalue weighted by atomic mass is 9.95. The molecular formula is C15H20N2O. The molecule has 0 heterocycles. The molecule has 2 bridgehead atoms. The van der Waals surface area contributed by atoms with Gasteiger partial charge in [0.15, 0.2) is 0 Å². The molecule has 3 N–H and O–H groups in total. The van der Waals surface area contributed by atoms with Crippen LogP contribution in [0.4, 0.5) is 0 Å². The minimum Gasteiger partial charge on any atom is -0.349 e. The van der Waals surface area contributed by atoms with Crippen LogP contribution in [-0.2, 0) is 6.54 Å². The molecule has 0 spiro atoms. The first-order valence-electron chi connectivity index (χ1n) is 6.86. The van der Waals surface area contributed by atoms with Crippen LogP contribution in [0.25, 0.3) is 0 Å². The molecule has 3 atom stereocenters. The second kappa shape index (κ2) is 4.73. The van der Waals surface area contributed by atoms with Gasteiger partial charge in [-0.15, -0.1) is 0 Å². The third-order valence-electron chi connectivity index (χ3n) is 4.48. The molecule has 3 rings (SSSR count). The van der Waals surface area contributed by atoms with Gasteiger partial charge >= 0.3 is 0 Å². The number of nitrogens with two attached hydrogens (primary N) is 1. The van der Waals surface area contributed by atoms with E-state index in [9.17, 15) is 4.79 Å².